The number of likely N-dealkylation sites (N-methyl/N-ethyl adjacent to an activating group) is 1. The molecule has 0 amide bonds. The number of aryl methyl sites for hydroxylation is 5. The van der Waals surface area contributed by atoms with Gasteiger partial charge in [-0.3, -0.25) is 19.4 Å². The fraction of sp³-hybridized carbons (Fsp3) is 0.538. The second-order valence-electron chi connectivity index (χ2n) is 18.6. The Morgan fingerprint density at radius 2 is 1.52 bits per heavy atom. The number of rotatable bonds is 22. The molecular weight excluding hydrogens is 803 g/mol. The van der Waals surface area contributed by atoms with Gasteiger partial charge in [0.15, 0.2) is 0 Å². The highest BCUT2D eigenvalue weighted by atomic mass is 16.5. The molecule has 12 nitrogen and oxygen atoms in total. The standard InChI is InChI=1S/C52H69N7O5/c1-3-36-32-40(21-25-45(36)48(52(62)63)59-34-44(35-59)64-31-12-6-10-18-41-23-19-38-16-13-28-53-49(38)54-41)46-26-22-39-20-24-42(55-50(39)56-46)17-9-5-11-29-57(2)43-27-30-58(33-43)47(51(60)61)37-14-7-4-8-15-37/h4,7-8,14-15,19-21,23-25,32,43-44,46-48H,3,5-6,9-13,16-18,22,26-31,33-35H2,1-2H3,(H,53,54)(H,55,56)(H,60,61)(H,62,63)/t43-,46?,47+,48-/m1/s1. The molecule has 0 bridgehead atoms. The second-order valence-corrected chi connectivity index (χ2v) is 18.6. The van der Waals surface area contributed by atoms with Crippen LogP contribution in [0.5, 0.6) is 0 Å². The van der Waals surface area contributed by atoms with Crippen LogP contribution in [0.4, 0.5) is 11.6 Å². The highest BCUT2D eigenvalue weighted by Gasteiger charge is 2.39. The molecule has 2 aromatic carbocycles. The summed E-state index contributed by atoms with van der Waals surface area (Å²) in [6, 6.07) is 24.0. The third-order valence-electron chi connectivity index (χ3n) is 14.1. The van der Waals surface area contributed by atoms with E-state index in [0.29, 0.717) is 25.7 Å². The lowest BCUT2D eigenvalue weighted by Crippen LogP contribution is -2.55. The monoisotopic (exact) mass is 872 g/mol. The van der Waals surface area contributed by atoms with Crippen molar-refractivity contribution in [1.82, 2.24) is 24.7 Å². The highest BCUT2D eigenvalue weighted by Crippen LogP contribution is 2.36. The zero-order valence-electron chi connectivity index (χ0n) is 38.0. The van der Waals surface area contributed by atoms with E-state index in [2.05, 4.69) is 70.8 Å². The first-order chi connectivity index (χ1) is 31.2. The molecule has 6 heterocycles. The minimum atomic E-state index is -0.810. The summed E-state index contributed by atoms with van der Waals surface area (Å²) in [6.45, 7) is 7.64. The number of likely N-dealkylation sites (tertiary alicyclic amines) is 2. The number of carboxylic acids is 2. The number of hydrogen-bond donors (Lipinski definition) is 4. The molecule has 4 N–H and O–H groups in total. The summed E-state index contributed by atoms with van der Waals surface area (Å²) in [5.41, 5.74) is 8.83. The maximum absolute atomic E-state index is 12.7. The molecule has 4 atom stereocenters. The number of carbonyl (C=O) groups is 2. The SMILES string of the molecule is CCc1cc(C2CCc3ccc(CCCCCN(C)[C@@H]4CCN([C@H](C(=O)O)c5ccccc5)C4)nc3N2)ccc1[C@H](C(=O)O)N1CC(OCCCCCc2ccc3c(n2)NCCC3)C1. The molecule has 4 aliphatic heterocycles. The summed E-state index contributed by atoms with van der Waals surface area (Å²) >= 11 is 0. The molecule has 2 aromatic heterocycles. The topological polar surface area (TPSA) is 143 Å². The third-order valence-corrected chi connectivity index (χ3v) is 14.1. The van der Waals surface area contributed by atoms with Gasteiger partial charge in [-0.2, -0.15) is 0 Å². The Balaban J connectivity index is 0.758. The van der Waals surface area contributed by atoms with Crippen LogP contribution >= 0.6 is 0 Å². The van der Waals surface area contributed by atoms with Crippen molar-refractivity contribution in [3.63, 3.8) is 0 Å². The fourth-order valence-corrected chi connectivity index (χ4v) is 10.3. The van der Waals surface area contributed by atoms with Crippen molar-refractivity contribution in [2.24, 2.45) is 0 Å². The van der Waals surface area contributed by atoms with Crippen molar-refractivity contribution >= 4 is 23.6 Å². The van der Waals surface area contributed by atoms with Crippen molar-refractivity contribution < 1.29 is 24.5 Å². The molecule has 0 saturated carbocycles. The largest absolute Gasteiger partial charge is 0.480 e. The molecule has 64 heavy (non-hydrogen) atoms. The molecule has 4 aromatic rings. The number of carboxylic acid groups (broad SMARTS) is 2. The van der Waals surface area contributed by atoms with Gasteiger partial charge < -0.3 is 30.5 Å². The number of hydrogen-bond acceptors (Lipinski definition) is 10. The minimum Gasteiger partial charge on any atom is -0.480 e. The Bertz CT molecular complexity index is 2180. The highest BCUT2D eigenvalue weighted by molar-refractivity contribution is 5.77. The van der Waals surface area contributed by atoms with Crippen molar-refractivity contribution in [3.05, 3.63) is 118 Å². The summed E-state index contributed by atoms with van der Waals surface area (Å²) < 4.78 is 6.19. The van der Waals surface area contributed by atoms with E-state index < -0.39 is 24.0 Å². The number of nitrogens with one attached hydrogen (secondary N) is 2. The number of fused-ring (bicyclic) bond motifs is 2. The second kappa shape index (κ2) is 21.9. The molecule has 0 aliphatic carbocycles. The molecule has 8 rings (SSSR count). The van der Waals surface area contributed by atoms with E-state index in [4.69, 9.17) is 14.7 Å². The van der Waals surface area contributed by atoms with Crippen LogP contribution in [0, 0.1) is 0 Å². The van der Waals surface area contributed by atoms with Crippen molar-refractivity contribution in [2.45, 2.75) is 127 Å². The van der Waals surface area contributed by atoms with Gasteiger partial charge in [-0.1, -0.05) is 80.4 Å². The number of ether oxygens (including phenoxy) is 1. The van der Waals surface area contributed by atoms with Crippen LogP contribution in [-0.4, -0.2) is 112 Å². The molecule has 2 fully saturated rings. The van der Waals surface area contributed by atoms with Crippen molar-refractivity contribution in [1.29, 1.82) is 0 Å². The number of pyridine rings is 2. The molecular formula is C52H69N7O5. The average molecular weight is 872 g/mol. The van der Waals surface area contributed by atoms with Crippen LogP contribution < -0.4 is 10.6 Å². The van der Waals surface area contributed by atoms with E-state index in [9.17, 15) is 19.8 Å². The molecule has 12 heteroatoms. The molecule has 342 valence electrons. The average Bonchev–Trinajstić information content (AvgIpc) is 3.78. The van der Waals surface area contributed by atoms with Crippen LogP contribution in [0.1, 0.15) is 128 Å². The first-order valence-corrected chi connectivity index (χ1v) is 24.1. The lowest BCUT2D eigenvalue weighted by atomic mass is 9.89. The van der Waals surface area contributed by atoms with Gasteiger partial charge in [-0.05, 0) is 136 Å². The maximum Gasteiger partial charge on any atom is 0.325 e. The van der Waals surface area contributed by atoms with Crippen LogP contribution in [0.2, 0.25) is 0 Å². The number of aromatic nitrogens is 2. The number of benzene rings is 2. The van der Waals surface area contributed by atoms with E-state index in [1.54, 1.807) is 0 Å². The number of aliphatic carboxylic acids is 2. The summed E-state index contributed by atoms with van der Waals surface area (Å²) in [5.74, 6) is 0.441. The first-order valence-electron chi connectivity index (χ1n) is 24.1. The van der Waals surface area contributed by atoms with E-state index >= 15 is 0 Å². The zero-order chi connectivity index (χ0) is 44.4. The van der Waals surface area contributed by atoms with Crippen molar-refractivity contribution in [3.8, 4) is 0 Å². The van der Waals surface area contributed by atoms with Gasteiger partial charge in [0.05, 0.1) is 12.1 Å². The molecule has 0 spiro atoms. The summed E-state index contributed by atoms with van der Waals surface area (Å²) in [4.78, 5) is 41.4. The number of unbranched alkanes of at least 4 members (excludes halogenated alkanes) is 4. The molecule has 4 aliphatic rings. The van der Waals surface area contributed by atoms with Gasteiger partial charge in [-0.25, -0.2) is 9.97 Å². The van der Waals surface area contributed by atoms with Gasteiger partial charge in [0.1, 0.15) is 23.7 Å². The lowest BCUT2D eigenvalue weighted by Gasteiger charge is -2.43. The van der Waals surface area contributed by atoms with E-state index in [1.807, 2.05) is 41.3 Å². The minimum absolute atomic E-state index is 0.0705. The number of anilines is 2. The number of nitrogens with zero attached hydrogens (tertiary/aromatic N) is 5. The quantitative estimate of drug-likeness (QED) is 0.0565. The van der Waals surface area contributed by atoms with E-state index in [1.165, 1.54) is 23.1 Å². The Morgan fingerprint density at radius 1 is 0.797 bits per heavy atom. The fourth-order valence-electron chi connectivity index (χ4n) is 10.3. The summed E-state index contributed by atoms with van der Waals surface area (Å²) in [5, 5.41) is 27.6. The van der Waals surface area contributed by atoms with Crippen LogP contribution in [0.3, 0.4) is 0 Å². The Hall–Kier alpha value is -4.88. The predicted molar refractivity (Wildman–Crippen MR) is 252 cm³/mol. The van der Waals surface area contributed by atoms with Gasteiger partial charge in [0, 0.05) is 56.8 Å². The Morgan fingerprint density at radius 3 is 2.25 bits per heavy atom. The summed E-state index contributed by atoms with van der Waals surface area (Å²) in [6.07, 6.45) is 14.4. The van der Waals surface area contributed by atoms with Crippen molar-refractivity contribution in [2.75, 3.05) is 63.6 Å². The normalized spacial score (nSPS) is 19.9. The zero-order valence-corrected chi connectivity index (χ0v) is 38.0. The van der Waals surface area contributed by atoms with Crippen LogP contribution in [0.25, 0.3) is 0 Å². The molecule has 0 radical (unpaired) electrons. The molecule has 1 unspecified atom stereocenters. The van der Waals surface area contributed by atoms with E-state index in [-0.39, 0.29) is 12.1 Å². The van der Waals surface area contributed by atoms with Gasteiger partial charge >= 0.3 is 11.9 Å². The molecule has 2 saturated heterocycles. The third kappa shape index (κ3) is 11.3. The maximum atomic E-state index is 12.7. The lowest BCUT2D eigenvalue weighted by molar-refractivity contribution is -0.151. The summed E-state index contributed by atoms with van der Waals surface area (Å²) in [7, 11) is 2.18. The van der Waals surface area contributed by atoms with Crippen LogP contribution in [0.15, 0.2) is 72.8 Å². The predicted octanol–water partition coefficient (Wildman–Crippen LogP) is 8.28. The Kier molecular flexibility index (Phi) is 15.6. The Labute approximate surface area is 379 Å². The first kappa shape index (κ1) is 45.7. The smallest absolute Gasteiger partial charge is 0.325 e. The van der Waals surface area contributed by atoms with Crippen LogP contribution in [-0.2, 0) is 46.4 Å². The van der Waals surface area contributed by atoms with Gasteiger partial charge in [0.25, 0.3) is 0 Å². The van der Waals surface area contributed by atoms with E-state index in [0.717, 1.165) is 149 Å². The van der Waals surface area contributed by atoms with Gasteiger partial charge in [0.2, 0.25) is 0 Å². The van der Waals surface area contributed by atoms with Gasteiger partial charge in [-0.15, -0.1) is 0 Å².